The van der Waals surface area contributed by atoms with Crippen LogP contribution in [0.1, 0.15) is 31.2 Å². The zero-order valence-corrected chi connectivity index (χ0v) is 10.6. The van der Waals surface area contributed by atoms with Crippen LogP contribution in [0, 0.1) is 5.92 Å². The highest BCUT2D eigenvalue weighted by Gasteiger charge is 2.19. The van der Waals surface area contributed by atoms with Crippen molar-refractivity contribution in [2.45, 2.75) is 38.1 Å². The molecule has 0 aliphatic heterocycles. The van der Waals surface area contributed by atoms with Gasteiger partial charge in [-0.1, -0.05) is 43.2 Å². The van der Waals surface area contributed by atoms with Gasteiger partial charge in [-0.15, -0.1) is 0 Å². The van der Waals surface area contributed by atoms with Crippen molar-refractivity contribution >= 4 is 0 Å². The van der Waals surface area contributed by atoms with Crippen LogP contribution < -0.4 is 11.1 Å². The van der Waals surface area contributed by atoms with Gasteiger partial charge in [0.25, 0.3) is 0 Å². The molecular weight excluding hydrogens is 208 g/mol. The lowest BCUT2D eigenvalue weighted by Crippen LogP contribution is -2.34. The van der Waals surface area contributed by atoms with Crippen molar-refractivity contribution in [1.29, 1.82) is 0 Å². The largest absolute Gasteiger partial charge is 0.327 e. The third-order valence-electron chi connectivity index (χ3n) is 3.48. The van der Waals surface area contributed by atoms with E-state index in [1.165, 1.54) is 24.8 Å². The fraction of sp³-hybridized carbons (Fsp3) is 0.600. The molecule has 0 aromatic heterocycles. The Hall–Kier alpha value is -0.860. The lowest BCUT2D eigenvalue weighted by Gasteiger charge is -2.12. The van der Waals surface area contributed by atoms with Crippen molar-refractivity contribution in [3.8, 4) is 0 Å². The first-order valence-corrected chi connectivity index (χ1v) is 6.85. The number of benzene rings is 1. The molecule has 1 aliphatic rings. The maximum atomic E-state index is 6.09. The van der Waals surface area contributed by atoms with Gasteiger partial charge in [0, 0.05) is 12.6 Å². The van der Waals surface area contributed by atoms with E-state index in [1.54, 1.807) is 0 Å². The minimum atomic E-state index is 0.286. The molecule has 3 N–H and O–H groups in total. The topological polar surface area (TPSA) is 38.0 Å². The fourth-order valence-electron chi connectivity index (χ4n) is 2.10. The molecule has 2 heteroatoms. The van der Waals surface area contributed by atoms with Crippen LogP contribution in [0.2, 0.25) is 0 Å². The summed E-state index contributed by atoms with van der Waals surface area (Å²) in [7, 11) is 0. The van der Waals surface area contributed by atoms with Crippen molar-refractivity contribution in [3.05, 3.63) is 35.9 Å². The normalized spacial score (nSPS) is 17.0. The maximum absolute atomic E-state index is 6.09. The molecule has 0 amide bonds. The molecule has 1 unspecified atom stereocenters. The van der Waals surface area contributed by atoms with E-state index in [1.807, 2.05) is 0 Å². The molecule has 0 radical (unpaired) electrons. The van der Waals surface area contributed by atoms with E-state index in [0.29, 0.717) is 0 Å². The number of aryl methyl sites for hydroxylation is 1. The van der Waals surface area contributed by atoms with Crippen molar-refractivity contribution in [2.75, 3.05) is 13.1 Å². The maximum Gasteiger partial charge on any atom is 0.0168 e. The first-order chi connectivity index (χ1) is 8.34. The minimum absolute atomic E-state index is 0.286. The van der Waals surface area contributed by atoms with E-state index in [-0.39, 0.29) is 6.04 Å². The molecule has 2 nitrogen and oxygen atoms in total. The zero-order valence-electron chi connectivity index (χ0n) is 10.6. The highest BCUT2D eigenvalue weighted by Crippen LogP contribution is 2.31. The average Bonchev–Trinajstić information content (AvgIpc) is 3.17. The zero-order chi connectivity index (χ0) is 11.9. The second kappa shape index (κ2) is 6.77. The van der Waals surface area contributed by atoms with Crippen molar-refractivity contribution in [2.24, 2.45) is 11.7 Å². The molecule has 0 spiro atoms. The highest BCUT2D eigenvalue weighted by molar-refractivity contribution is 5.14. The molecule has 1 fully saturated rings. The van der Waals surface area contributed by atoms with Crippen molar-refractivity contribution in [1.82, 2.24) is 5.32 Å². The van der Waals surface area contributed by atoms with Crippen LogP contribution in [0.3, 0.4) is 0 Å². The van der Waals surface area contributed by atoms with E-state index in [9.17, 15) is 0 Å². The summed E-state index contributed by atoms with van der Waals surface area (Å²) in [5.74, 6) is 1.02. The van der Waals surface area contributed by atoms with E-state index < -0.39 is 0 Å². The Morgan fingerprint density at radius 3 is 2.71 bits per heavy atom. The van der Waals surface area contributed by atoms with Crippen molar-refractivity contribution < 1.29 is 0 Å². The molecule has 0 saturated heterocycles. The summed E-state index contributed by atoms with van der Waals surface area (Å²) < 4.78 is 0. The second-order valence-corrected chi connectivity index (χ2v) is 5.22. The Bertz CT molecular complexity index is 306. The molecule has 1 aromatic rings. The van der Waals surface area contributed by atoms with Crippen LogP contribution in [0.15, 0.2) is 30.3 Å². The third kappa shape index (κ3) is 5.33. The van der Waals surface area contributed by atoms with Gasteiger partial charge in [-0.05, 0) is 37.3 Å². The van der Waals surface area contributed by atoms with Crippen LogP contribution in [-0.2, 0) is 6.42 Å². The number of hydrogen-bond acceptors (Lipinski definition) is 2. The van der Waals surface area contributed by atoms with Gasteiger partial charge in [0.05, 0.1) is 0 Å². The highest BCUT2D eigenvalue weighted by atomic mass is 14.9. The summed E-state index contributed by atoms with van der Waals surface area (Å²) >= 11 is 0. The van der Waals surface area contributed by atoms with Gasteiger partial charge in [-0.3, -0.25) is 0 Å². The lowest BCUT2D eigenvalue weighted by atomic mass is 10.1. The van der Waals surface area contributed by atoms with Crippen LogP contribution in [0.5, 0.6) is 0 Å². The van der Waals surface area contributed by atoms with Crippen LogP contribution in [-0.4, -0.2) is 19.1 Å². The summed E-state index contributed by atoms with van der Waals surface area (Å²) in [6.45, 7) is 2.10. The molecule has 94 valence electrons. The van der Waals surface area contributed by atoms with Gasteiger partial charge in [0.15, 0.2) is 0 Å². The molecule has 1 aliphatic carbocycles. The van der Waals surface area contributed by atoms with E-state index in [0.717, 1.165) is 31.8 Å². The van der Waals surface area contributed by atoms with E-state index >= 15 is 0 Å². The summed E-state index contributed by atoms with van der Waals surface area (Å²) in [4.78, 5) is 0. The fourth-order valence-corrected chi connectivity index (χ4v) is 2.10. The SMILES string of the molecule is NC(CCc1ccccc1)CNCCC1CC1. The number of nitrogens with one attached hydrogen (secondary N) is 1. The van der Waals surface area contributed by atoms with E-state index in [2.05, 4.69) is 35.6 Å². The van der Waals surface area contributed by atoms with Gasteiger partial charge in [0.1, 0.15) is 0 Å². The average molecular weight is 232 g/mol. The second-order valence-electron chi connectivity index (χ2n) is 5.22. The molecule has 2 rings (SSSR count). The van der Waals surface area contributed by atoms with Crippen molar-refractivity contribution in [3.63, 3.8) is 0 Å². The number of rotatable bonds is 8. The molecule has 17 heavy (non-hydrogen) atoms. The Morgan fingerprint density at radius 1 is 1.24 bits per heavy atom. The summed E-state index contributed by atoms with van der Waals surface area (Å²) in [6, 6.07) is 10.9. The minimum Gasteiger partial charge on any atom is -0.327 e. The third-order valence-corrected chi connectivity index (χ3v) is 3.48. The molecular formula is C15H24N2. The summed E-state index contributed by atoms with van der Waals surface area (Å²) in [6.07, 6.45) is 6.39. The Balaban J connectivity index is 1.52. The monoisotopic (exact) mass is 232 g/mol. The summed E-state index contributed by atoms with van der Waals surface area (Å²) in [5, 5.41) is 3.47. The Kier molecular flexibility index (Phi) is 5.02. The number of nitrogens with two attached hydrogens (primary N) is 1. The summed E-state index contributed by atoms with van der Waals surface area (Å²) in [5.41, 5.74) is 7.48. The lowest BCUT2D eigenvalue weighted by molar-refractivity contribution is 0.527. The predicted octanol–water partition coefficient (Wildman–Crippen LogP) is 2.34. The molecule has 1 aromatic carbocycles. The first-order valence-electron chi connectivity index (χ1n) is 6.85. The van der Waals surface area contributed by atoms with Crippen LogP contribution >= 0.6 is 0 Å². The van der Waals surface area contributed by atoms with Crippen LogP contribution in [0.4, 0.5) is 0 Å². The van der Waals surface area contributed by atoms with Gasteiger partial charge in [0.2, 0.25) is 0 Å². The molecule has 1 atom stereocenters. The predicted molar refractivity (Wildman–Crippen MR) is 72.9 cm³/mol. The Morgan fingerprint density at radius 2 is 2.00 bits per heavy atom. The quantitative estimate of drug-likeness (QED) is 0.675. The molecule has 0 bridgehead atoms. The molecule has 0 heterocycles. The molecule has 1 saturated carbocycles. The van der Waals surface area contributed by atoms with Gasteiger partial charge in [-0.2, -0.15) is 0 Å². The Labute approximate surface area is 105 Å². The number of hydrogen-bond donors (Lipinski definition) is 2. The smallest absolute Gasteiger partial charge is 0.0168 e. The van der Waals surface area contributed by atoms with Gasteiger partial charge in [-0.25, -0.2) is 0 Å². The van der Waals surface area contributed by atoms with Gasteiger partial charge < -0.3 is 11.1 Å². The first kappa shape index (κ1) is 12.6. The standard InChI is InChI=1S/C15H24N2/c16-15(12-17-11-10-14-6-7-14)9-8-13-4-2-1-3-5-13/h1-5,14-15,17H,6-12,16H2. The van der Waals surface area contributed by atoms with Crippen LogP contribution in [0.25, 0.3) is 0 Å². The van der Waals surface area contributed by atoms with E-state index in [4.69, 9.17) is 5.73 Å². The van der Waals surface area contributed by atoms with Gasteiger partial charge >= 0.3 is 0 Å².